The molecule has 0 saturated carbocycles. The molecule has 4 N–H and O–H groups in total. The molecule has 0 bridgehead atoms. The van der Waals surface area contributed by atoms with Crippen LogP contribution in [0.2, 0.25) is 5.02 Å². The van der Waals surface area contributed by atoms with Gasteiger partial charge in [-0.3, -0.25) is 0 Å². The smallest absolute Gasteiger partial charge is 0.289 e. The van der Waals surface area contributed by atoms with Crippen LogP contribution >= 0.6 is 11.6 Å². The van der Waals surface area contributed by atoms with Gasteiger partial charge in [-0.15, -0.1) is 0 Å². The predicted octanol–water partition coefficient (Wildman–Crippen LogP) is 1.67. The van der Waals surface area contributed by atoms with Crippen LogP contribution in [0.1, 0.15) is 11.6 Å². The summed E-state index contributed by atoms with van der Waals surface area (Å²) in [7, 11) is 0. The van der Waals surface area contributed by atoms with Crippen LogP contribution in [0.5, 0.6) is 5.75 Å². The lowest BCUT2D eigenvalue weighted by Crippen LogP contribution is -2.36. The first-order valence-electron chi connectivity index (χ1n) is 4.11. The molecule has 1 aromatic rings. The number of aliphatic hydroxyl groups is 1. The Balaban J connectivity index is 3.02. The first kappa shape index (κ1) is 12.2. The zero-order chi connectivity index (χ0) is 11.6. The predicted molar refractivity (Wildman–Crippen MR) is 52.1 cm³/mol. The van der Waals surface area contributed by atoms with Gasteiger partial charge < -0.3 is 15.9 Å². The van der Waals surface area contributed by atoms with E-state index < -0.39 is 18.6 Å². The molecule has 0 fully saturated rings. The standard InChI is InChI=1S/C9H10ClF2NO2/c10-6-3-5(1-2-7(6)15)8(13)9(11,12)4-14/h1-3,8,14-15H,4,13H2/t8-/m1/s1. The average Bonchev–Trinajstić information content (AvgIpc) is 2.21. The van der Waals surface area contributed by atoms with Gasteiger partial charge >= 0.3 is 0 Å². The summed E-state index contributed by atoms with van der Waals surface area (Å²) in [5, 5.41) is 17.5. The summed E-state index contributed by atoms with van der Waals surface area (Å²) in [5.74, 6) is -3.62. The van der Waals surface area contributed by atoms with Crippen molar-refractivity contribution >= 4 is 11.6 Å². The molecule has 0 aliphatic rings. The molecule has 0 amide bonds. The minimum Gasteiger partial charge on any atom is -0.506 e. The molecular weight excluding hydrogens is 228 g/mol. The van der Waals surface area contributed by atoms with E-state index in [4.69, 9.17) is 27.5 Å². The van der Waals surface area contributed by atoms with Crippen molar-refractivity contribution in [1.29, 1.82) is 0 Å². The summed E-state index contributed by atoms with van der Waals surface area (Å²) in [5.41, 5.74) is 5.30. The number of phenolic OH excluding ortho intramolecular Hbond substituents is 1. The SMILES string of the molecule is N[C@H](c1ccc(O)c(Cl)c1)C(F)(F)CO. The normalized spacial score (nSPS) is 13.9. The van der Waals surface area contributed by atoms with Crippen LogP contribution in [-0.4, -0.2) is 22.7 Å². The Morgan fingerprint density at radius 3 is 2.53 bits per heavy atom. The van der Waals surface area contributed by atoms with E-state index in [1.54, 1.807) is 0 Å². The molecule has 15 heavy (non-hydrogen) atoms. The highest BCUT2D eigenvalue weighted by Gasteiger charge is 2.37. The molecule has 6 heteroatoms. The average molecular weight is 238 g/mol. The van der Waals surface area contributed by atoms with Crippen molar-refractivity contribution in [1.82, 2.24) is 0 Å². The Labute approximate surface area is 90.1 Å². The molecule has 0 heterocycles. The molecule has 1 aromatic carbocycles. The fourth-order valence-corrected chi connectivity index (χ4v) is 1.25. The highest BCUT2D eigenvalue weighted by atomic mass is 35.5. The van der Waals surface area contributed by atoms with E-state index in [1.807, 2.05) is 0 Å². The van der Waals surface area contributed by atoms with Crippen molar-refractivity contribution in [3.63, 3.8) is 0 Å². The Kier molecular flexibility index (Phi) is 3.49. The minimum absolute atomic E-state index is 0.0526. The zero-order valence-corrected chi connectivity index (χ0v) is 8.38. The Bertz CT molecular complexity index is 360. The topological polar surface area (TPSA) is 66.5 Å². The number of nitrogens with two attached hydrogens (primary N) is 1. The van der Waals surface area contributed by atoms with Gasteiger partial charge in [-0.25, -0.2) is 8.78 Å². The number of aliphatic hydroxyl groups excluding tert-OH is 1. The minimum atomic E-state index is -3.42. The third kappa shape index (κ3) is 2.56. The third-order valence-electron chi connectivity index (χ3n) is 2.00. The van der Waals surface area contributed by atoms with Crippen molar-refractivity contribution in [2.24, 2.45) is 5.73 Å². The lowest BCUT2D eigenvalue weighted by atomic mass is 10.0. The molecule has 0 radical (unpaired) electrons. The van der Waals surface area contributed by atoms with Crippen LogP contribution in [-0.2, 0) is 0 Å². The maximum atomic E-state index is 13.0. The number of benzene rings is 1. The highest BCUT2D eigenvalue weighted by molar-refractivity contribution is 6.32. The molecule has 0 aromatic heterocycles. The number of phenols is 1. The number of alkyl halides is 2. The molecule has 0 aliphatic heterocycles. The Morgan fingerprint density at radius 2 is 2.07 bits per heavy atom. The van der Waals surface area contributed by atoms with E-state index in [9.17, 15) is 8.78 Å². The van der Waals surface area contributed by atoms with E-state index in [0.717, 1.165) is 6.07 Å². The van der Waals surface area contributed by atoms with E-state index in [1.165, 1.54) is 12.1 Å². The summed E-state index contributed by atoms with van der Waals surface area (Å²) in [4.78, 5) is 0. The maximum Gasteiger partial charge on any atom is 0.289 e. The first-order valence-corrected chi connectivity index (χ1v) is 4.49. The highest BCUT2D eigenvalue weighted by Crippen LogP contribution is 2.32. The van der Waals surface area contributed by atoms with E-state index >= 15 is 0 Å². The number of hydrogen-bond donors (Lipinski definition) is 3. The van der Waals surface area contributed by atoms with Gasteiger partial charge in [0, 0.05) is 0 Å². The lowest BCUT2D eigenvalue weighted by Gasteiger charge is -2.21. The molecule has 0 aliphatic carbocycles. The first-order chi connectivity index (χ1) is 6.88. The van der Waals surface area contributed by atoms with Gasteiger partial charge in [-0.1, -0.05) is 17.7 Å². The molecule has 3 nitrogen and oxygen atoms in total. The van der Waals surface area contributed by atoms with Crippen LogP contribution in [0.3, 0.4) is 0 Å². The molecule has 0 spiro atoms. The number of aromatic hydroxyl groups is 1. The second-order valence-electron chi connectivity index (χ2n) is 3.11. The van der Waals surface area contributed by atoms with Gasteiger partial charge in [0.2, 0.25) is 0 Å². The fourth-order valence-electron chi connectivity index (χ4n) is 1.06. The number of hydrogen-bond acceptors (Lipinski definition) is 3. The largest absolute Gasteiger partial charge is 0.506 e. The second-order valence-corrected chi connectivity index (χ2v) is 3.51. The molecule has 84 valence electrons. The van der Waals surface area contributed by atoms with Crippen LogP contribution in [0, 0.1) is 0 Å². The fraction of sp³-hybridized carbons (Fsp3) is 0.333. The monoisotopic (exact) mass is 237 g/mol. The van der Waals surface area contributed by atoms with E-state index in [0.29, 0.717) is 0 Å². The van der Waals surface area contributed by atoms with Gasteiger partial charge in [-0.2, -0.15) is 0 Å². The summed E-state index contributed by atoms with van der Waals surface area (Å²) in [6.07, 6.45) is 0. The second kappa shape index (κ2) is 4.30. The van der Waals surface area contributed by atoms with Crippen LogP contribution in [0.15, 0.2) is 18.2 Å². The quantitative estimate of drug-likeness (QED) is 0.749. The molecule has 0 saturated heterocycles. The summed E-state index contributed by atoms with van der Waals surface area (Å²) in [6, 6.07) is 1.89. The molecular formula is C9H10ClF2NO2. The van der Waals surface area contributed by atoms with E-state index in [-0.39, 0.29) is 16.3 Å². The zero-order valence-electron chi connectivity index (χ0n) is 7.62. The number of halogens is 3. The molecule has 0 unspecified atom stereocenters. The van der Waals surface area contributed by atoms with E-state index in [2.05, 4.69) is 0 Å². The van der Waals surface area contributed by atoms with Crippen molar-refractivity contribution in [3.8, 4) is 5.75 Å². The van der Waals surface area contributed by atoms with Gasteiger partial charge in [0.15, 0.2) is 0 Å². The van der Waals surface area contributed by atoms with Crippen molar-refractivity contribution in [2.75, 3.05) is 6.61 Å². The Hall–Kier alpha value is -0.910. The van der Waals surface area contributed by atoms with Crippen LogP contribution in [0.4, 0.5) is 8.78 Å². The summed E-state index contributed by atoms with van der Waals surface area (Å²) in [6.45, 7) is -1.34. The Morgan fingerprint density at radius 1 is 1.47 bits per heavy atom. The van der Waals surface area contributed by atoms with Crippen LogP contribution in [0.25, 0.3) is 0 Å². The number of rotatable bonds is 3. The van der Waals surface area contributed by atoms with Gasteiger partial charge in [0.25, 0.3) is 5.92 Å². The van der Waals surface area contributed by atoms with Crippen molar-refractivity contribution < 1.29 is 19.0 Å². The summed E-state index contributed by atoms with van der Waals surface area (Å²) < 4.78 is 26.0. The molecule has 1 rings (SSSR count). The van der Waals surface area contributed by atoms with Crippen molar-refractivity contribution in [2.45, 2.75) is 12.0 Å². The maximum absolute atomic E-state index is 13.0. The van der Waals surface area contributed by atoms with Gasteiger partial charge in [0.05, 0.1) is 11.1 Å². The third-order valence-corrected chi connectivity index (χ3v) is 2.30. The molecule has 1 atom stereocenters. The summed E-state index contributed by atoms with van der Waals surface area (Å²) >= 11 is 5.54. The van der Waals surface area contributed by atoms with Gasteiger partial charge in [-0.05, 0) is 17.7 Å². The van der Waals surface area contributed by atoms with Crippen LogP contribution < -0.4 is 5.73 Å². The van der Waals surface area contributed by atoms with Crippen molar-refractivity contribution in [3.05, 3.63) is 28.8 Å². The lowest BCUT2D eigenvalue weighted by molar-refractivity contribution is -0.0711. The van der Waals surface area contributed by atoms with Gasteiger partial charge in [0.1, 0.15) is 12.4 Å².